The first kappa shape index (κ1) is 21.0. The van der Waals surface area contributed by atoms with E-state index < -0.39 is 5.41 Å². The Morgan fingerprint density at radius 3 is 2.55 bits per heavy atom. The van der Waals surface area contributed by atoms with Gasteiger partial charge in [0.15, 0.2) is 0 Å². The van der Waals surface area contributed by atoms with Crippen LogP contribution in [0.1, 0.15) is 33.6 Å². The fourth-order valence-corrected chi connectivity index (χ4v) is 2.37. The normalized spacial score (nSPS) is 12.2. The molecule has 0 aliphatic heterocycles. The molecule has 3 N–H and O–H groups in total. The van der Waals surface area contributed by atoms with Crippen LogP contribution in [-0.4, -0.2) is 25.1 Å². The van der Waals surface area contributed by atoms with Gasteiger partial charge in [-0.25, -0.2) is 0 Å². The summed E-state index contributed by atoms with van der Waals surface area (Å²) in [5.74, 6) is 0.692. The van der Waals surface area contributed by atoms with Gasteiger partial charge in [0.05, 0.1) is 12.0 Å². The van der Waals surface area contributed by atoms with Gasteiger partial charge in [0.25, 0.3) is 0 Å². The SMILES string of the molecule is CCC(CC)(CN)C(=O)NCC(C)Oc1cccc(Cl)c1.Cl. The highest BCUT2D eigenvalue weighted by Gasteiger charge is 2.33. The molecule has 0 spiro atoms. The zero-order valence-electron chi connectivity index (χ0n) is 13.4. The molecule has 6 heteroatoms. The molecule has 1 unspecified atom stereocenters. The number of hydrogen-bond acceptors (Lipinski definition) is 3. The third-order valence-electron chi connectivity index (χ3n) is 3.91. The molecule has 0 heterocycles. The lowest BCUT2D eigenvalue weighted by Crippen LogP contribution is -2.47. The summed E-state index contributed by atoms with van der Waals surface area (Å²) in [5, 5.41) is 3.56. The zero-order chi connectivity index (χ0) is 15.9. The number of carbonyl (C=O) groups is 1. The summed E-state index contributed by atoms with van der Waals surface area (Å²) in [4.78, 5) is 12.3. The smallest absolute Gasteiger partial charge is 0.227 e. The minimum absolute atomic E-state index is 0. The Morgan fingerprint density at radius 2 is 2.05 bits per heavy atom. The second kappa shape index (κ2) is 9.93. The molecule has 0 aliphatic rings. The van der Waals surface area contributed by atoms with E-state index in [9.17, 15) is 4.79 Å². The first-order valence-electron chi connectivity index (χ1n) is 7.38. The van der Waals surface area contributed by atoms with Crippen molar-refractivity contribution >= 4 is 29.9 Å². The third-order valence-corrected chi connectivity index (χ3v) is 4.14. The summed E-state index contributed by atoms with van der Waals surface area (Å²) in [5.41, 5.74) is 5.29. The summed E-state index contributed by atoms with van der Waals surface area (Å²) >= 11 is 5.91. The molecule has 0 radical (unpaired) electrons. The summed E-state index contributed by atoms with van der Waals surface area (Å²) in [6.07, 6.45) is 1.32. The molecule has 126 valence electrons. The molecule has 0 fully saturated rings. The van der Waals surface area contributed by atoms with Crippen molar-refractivity contribution in [1.29, 1.82) is 0 Å². The van der Waals surface area contributed by atoms with Crippen LogP contribution in [0.4, 0.5) is 0 Å². The molecule has 1 aromatic carbocycles. The molecular formula is C16H26Cl2N2O2. The molecule has 22 heavy (non-hydrogen) atoms. The molecule has 0 aromatic heterocycles. The number of amides is 1. The molecule has 4 nitrogen and oxygen atoms in total. The summed E-state index contributed by atoms with van der Waals surface area (Å²) in [6, 6.07) is 7.21. The second-order valence-corrected chi connectivity index (χ2v) is 5.72. The molecule has 1 atom stereocenters. The molecular weight excluding hydrogens is 323 g/mol. The first-order chi connectivity index (χ1) is 9.97. The van der Waals surface area contributed by atoms with Gasteiger partial charge >= 0.3 is 0 Å². The maximum atomic E-state index is 12.3. The molecule has 0 saturated carbocycles. The second-order valence-electron chi connectivity index (χ2n) is 5.29. The van der Waals surface area contributed by atoms with E-state index in [0.717, 1.165) is 12.8 Å². The predicted molar refractivity (Wildman–Crippen MR) is 93.9 cm³/mol. The van der Waals surface area contributed by atoms with Crippen LogP contribution in [0.25, 0.3) is 0 Å². The van der Waals surface area contributed by atoms with Crippen LogP contribution in [0.15, 0.2) is 24.3 Å². The number of benzene rings is 1. The largest absolute Gasteiger partial charge is 0.489 e. The van der Waals surface area contributed by atoms with Gasteiger partial charge in [-0.15, -0.1) is 12.4 Å². The average Bonchev–Trinajstić information content (AvgIpc) is 2.47. The number of ether oxygens (including phenoxy) is 1. The van der Waals surface area contributed by atoms with E-state index >= 15 is 0 Å². The number of hydrogen-bond donors (Lipinski definition) is 2. The van der Waals surface area contributed by atoms with Crippen LogP contribution < -0.4 is 15.8 Å². The number of halogens is 2. The first-order valence-corrected chi connectivity index (χ1v) is 7.75. The highest BCUT2D eigenvalue weighted by atomic mass is 35.5. The Kier molecular flexibility index (Phi) is 9.49. The van der Waals surface area contributed by atoms with E-state index in [4.69, 9.17) is 22.1 Å². The van der Waals surface area contributed by atoms with Crippen molar-refractivity contribution in [2.24, 2.45) is 11.1 Å². The van der Waals surface area contributed by atoms with E-state index in [0.29, 0.717) is 23.9 Å². The van der Waals surface area contributed by atoms with Crippen molar-refractivity contribution in [3.63, 3.8) is 0 Å². The Bertz CT molecular complexity index is 457. The topological polar surface area (TPSA) is 64.4 Å². The number of nitrogens with two attached hydrogens (primary N) is 1. The van der Waals surface area contributed by atoms with Gasteiger partial charge in [-0.3, -0.25) is 4.79 Å². The fourth-order valence-electron chi connectivity index (χ4n) is 2.19. The molecule has 0 aliphatic carbocycles. The molecule has 0 saturated heterocycles. The minimum Gasteiger partial charge on any atom is -0.489 e. The predicted octanol–water partition coefficient (Wildman–Crippen LogP) is 3.41. The fraction of sp³-hybridized carbons (Fsp3) is 0.562. The van der Waals surface area contributed by atoms with Crippen LogP contribution >= 0.6 is 24.0 Å². The van der Waals surface area contributed by atoms with Crippen molar-refractivity contribution in [2.75, 3.05) is 13.1 Å². The minimum atomic E-state index is -0.476. The Hall–Kier alpha value is -0.970. The van der Waals surface area contributed by atoms with Crippen LogP contribution in [0.2, 0.25) is 5.02 Å². The molecule has 0 bridgehead atoms. The highest BCUT2D eigenvalue weighted by molar-refractivity contribution is 6.30. The van der Waals surface area contributed by atoms with Gasteiger partial charge in [-0.05, 0) is 38.0 Å². The van der Waals surface area contributed by atoms with E-state index in [1.807, 2.05) is 32.9 Å². The summed E-state index contributed by atoms with van der Waals surface area (Å²) < 4.78 is 5.73. The lowest BCUT2D eigenvalue weighted by atomic mass is 9.81. The van der Waals surface area contributed by atoms with Crippen molar-refractivity contribution in [1.82, 2.24) is 5.32 Å². The third kappa shape index (κ3) is 5.67. The van der Waals surface area contributed by atoms with E-state index in [1.54, 1.807) is 12.1 Å². The van der Waals surface area contributed by atoms with Crippen LogP contribution in [0.3, 0.4) is 0 Å². The molecule has 1 amide bonds. The van der Waals surface area contributed by atoms with Gasteiger partial charge < -0.3 is 15.8 Å². The van der Waals surface area contributed by atoms with Crippen LogP contribution in [-0.2, 0) is 4.79 Å². The maximum Gasteiger partial charge on any atom is 0.227 e. The van der Waals surface area contributed by atoms with Crippen molar-refractivity contribution in [3.8, 4) is 5.75 Å². The lowest BCUT2D eigenvalue weighted by Gasteiger charge is -2.29. The molecule has 1 aromatic rings. The quantitative estimate of drug-likeness (QED) is 0.756. The van der Waals surface area contributed by atoms with Crippen LogP contribution in [0.5, 0.6) is 5.75 Å². The Morgan fingerprint density at radius 1 is 1.41 bits per heavy atom. The highest BCUT2D eigenvalue weighted by Crippen LogP contribution is 2.25. The number of nitrogens with one attached hydrogen (secondary N) is 1. The Balaban J connectivity index is 0.00000441. The maximum absolute atomic E-state index is 12.3. The van der Waals surface area contributed by atoms with Gasteiger partial charge in [0, 0.05) is 11.6 Å². The zero-order valence-corrected chi connectivity index (χ0v) is 15.0. The van der Waals surface area contributed by atoms with Crippen LogP contribution in [0, 0.1) is 5.41 Å². The number of carbonyl (C=O) groups excluding carboxylic acids is 1. The average molecular weight is 349 g/mol. The standard InChI is InChI=1S/C16H25ClN2O2.ClH/c1-4-16(5-2,11-18)15(20)19-10-12(3)21-14-8-6-7-13(17)9-14;/h6-9,12H,4-5,10-11,18H2,1-3H3,(H,19,20);1H. The monoisotopic (exact) mass is 348 g/mol. The van der Waals surface area contributed by atoms with E-state index in [2.05, 4.69) is 5.32 Å². The van der Waals surface area contributed by atoms with Gasteiger partial charge in [0.1, 0.15) is 11.9 Å². The molecule has 1 rings (SSSR count). The van der Waals surface area contributed by atoms with E-state index in [1.165, 1.54) is 0 Å². The summed E-state index contributed by atoms with van der Waals surface area (Å²) in [6.45, 7) is 6.68. The Labute approximate surface area is 144 Å². The summed E-state index contributed by atoms with van der Waals surface area (Å²) in [7, 11) is 0. The van der Waals surface area contributed by atoms with Crippen molar-refractivity contribution < 1.29 is 9.53 Å². The van der Waals surface area contributed by atoms with Gasteiger partial charge in [0.2, 0.25) is 5.91 Å². The van der Waals surface area contributed by atoms with Gasteiger partial charge in [-0.2, -0.15) is 0 Å². The van der Waals surface area contributed by atoms with E-state index in [-0.39, 0.29) is 24.4 Å². The van der Waals surface area contributed by atoms with Crippen molar-refractivity contribution in [2.45, 2.75) is 39.7 Å². The van der Waals surface area contributed by atoms with Crippen molar-refractivity contribution in [3.05, 3.63) is 29.3 Å². The number of rotatable bonds is 8. The van der Waals surface area contributed by atoms with Gasteiger partial charge in [-0.1, -0.05) is 31.5 Å². The lowest BCUT2D eigenvalue weighted by molar-refractivity contribution is -0.131.